The van der Waals surface area contributed by atoms with E-state index in [0.29, 0.717) is 5.56 Å². The van der Waals surface area contributed by atoms with Crippen molar-refractivity contribution in [1.82, 2.24) is 0 Å². The van der Waals surface area contributed by atoms with Crippen LogP contribution in [0.15, 0.2) is 24.3 Å². The molecule has 1 unspecified atom stereocenters. The molecule has 1 N–H and O–H groups in total. The van der Waals surface area contributed by atoms with Crippen molar-refractivity contribution in [2.24, 2.45) is 0 Å². The van der Waals surface area contributed by atoms with Crippen molar-refractivity contribution in [2.45, 2.75) is 38.5 Å². The molecule has 0 heterocycles. The standard InChI is InChI=1S/C13H16F2O2/c1-3-13(14,15)11-6-4-5-10(8-11)9(2)7-12(16)17/h4-6,8-9H,3,7H2,1-2H3,(H,16,17). The van der Waals surface area contributed by atoms with E-state index in [-0.39, 0.29) is 24.3 Å². The Morgan fingerprint density at radius 2 is 2.12 bits per heavy atom. The molecule has 0 saturated carbocycles. The summed E-state index contributed by atoms with van der Waals surface area (Å²) in [6.45, 7) is 3.14. The first-order chi connectivity index (χ1) is 7.86. The molecule has 0 bridgehead atoms. The van der Waals surface area contributed by atoms with Crippen LogP contribution in [0.5, 0.6) is 0 Å². The van der Waals surface area contributed by atoms with Crippen molar-refractivity contribution in [3.05, 3.63) is 35.4 Å². The number of benzene rings is 1. The van der Waals surface area contributed by atoms with E-state index in [4.69, 9.17) is 5.11 Å². The molecule has 0 fully saturated rings. The summed E-state index contributed by atoms with van der Waals surface area (Å²) in [5.74, 6) is -4.04. The third-order valence-electron chi connectivity index (χ3n) is 2.80. The van der Waals surface area contributed by atoms with Gasteiger partial charge >= 0.3 is 5.97 Å². The van der Waals surface area contributed by atoms with E-state index < -0.39 is 11.9 Å². The highest BCUT2D eigenvalue weighted by Crippen LogP contribution is 2.33. The average molecular weight is 242 g/mol. The van der Waals surface area contributed by atoms with Gasteiger partial charge in [0, 0.05) is 12.0 Å². The van der Waals surface area contributed by atoms with Crippen molar-refractivity contribution >= 4 is 5.97 Å². The highest BCUT2D eigenvalue weighted by Gasteiger charge is 2.29. The van der Waals surface area contributed by atoms with Crippen LogP contribution in [0, 0.1) is 0 Å². The van der Waals surface area contributed by atoms with E-state index in [1.165, 1.54) is 19.1 Å². The zero-order chi connectivity index (χ0) is 13.1. The number of aliphatic carboxylic acids is 1. The van der Waals surface area contributed by atoms with Crippen LogP contribution in [0.1, 0.15) is 43.7 Å². The fourth-order valence-electron chi connectivity index (χ4n) is 1.66. The van der Waals surface area contributed by atoms with E-state index in [9.17, 15) is 13.6 Å². The van der Waals surface area contributed by atoms with Crippen molar-refractivity contribution in [3.8, 4) is 0 Å². The maximum atomic E-state index is 13.5. The maximum Gasteiger partial charge on any atom is 0.303 e. The van der Waals surface area contributed by atoms with Gasteiger partial charge in [0.25, 0.3) is 5.92 Å². The minimum atomic E-state index is -2.85. The molecule has 0 radical (unpaired) electrons. The van der Waals surface area contributed by atoms with Crippen LogP contribution in [-0.4, -0.2) is 11.1 Å². The number of alkyl halides is 2. The van der Waals surface area contributed by atoms with Crippen molar-refractivity contribution in [2.75, 3.05) is 0 Å². The van der Waals surface area contributed by atoms with Crippen LogP contribution >= 0.6 is 0 Å². The summed E-state index contributed by atoms with van der Waals surface area (Å²) < 4.78 is 26.9. The summed E-state index contributed by atoms with van der Waals surface area (Å²) in [5.41, 5.74) is 0.591. The van der Waals surface area contributed by atoms with E-state index in [0.717, 1.165) is 0 Å². The predicted octanol–water partition coefficient (Wildman–Crippen LogP) is 3.77. The second-order valence-corrected chi connectivity index (χ2v) is 4.18. The number of carboxylic acid groups (broad SMARTS) is 1. The van der Waals surface area contributed by atoms with Gasteiger partial charge in [-0.1, -0.05) is 32.0 Å². The van der Waals surface area contributed by atoms with Crippen LogP contribution in [0.3, 0.4) is 0 Å². The molecule has 2 nitrogen and oxygen atoms in total. The molecule has 1 aromatic rings. The second kappa shape index (κ2) is 5.25. The number of hydrogen-bond donors (Lipinski definition) is 1. The summed E-state index contributed by atoms with van der Waals surface area (Å²) in [6.07, 6.45) is -0.315. The van der Waals surface area contributed by atoms with Crippen LogP contribution in [0.25, 0.3) is 0 Å². The fraction of sp³-hybridized carbons (Fsp3) is 0.462. The molecule has 0 amide bonds. The molecule has 0 spiro atoms. The maximum absolute atomic E-state index is 13.5. The molecule has 94 valence electrons. The Morgan fingerprint density at radius 1 is 1.47 bits per heavy atom. The Labute approximate surface area is 99.3 Å². The lowest BCUT2D eigenvalue weighted by Crippen LogP contribution is -2.12. The average Bonchev–Trinajstić information content (AvgIpc) is 2.28. The topological polar surface area (TPSA) is 37.3 Å². The number of carbonyl (C=O) groups is 1. The van der Waals surface area contributed by atoms with Crippen LogP contribution < -0.4 is 0 Å². The molecular weight excluding hydrogens is 226 g/mol. The Balaban J connectivity index is 2.97. The Morgan fingerprint density at radius 3 is 2.65 bits per heavy atom. The van der Waals surface area contributed by atoms with Gasteiger partial charge in [-0.05, 0) is 17.5 Å². The van der Waals surface area contributed by atoms with Gasteiger partial charge in [0.2, 0.25) is 0 Å². The third-order valence-corrected chi connectivity index (χ3v) is 2.80. The Bertz CT molecular complexity index is 402. The molecule has 0 aliphatic heterocycles. The Hall–Kier alpha value is -1.45. The molecular formula is C13H16F2O2. The van der Waals surface area contributed by atoms with Gasteiger partial charge in [-0.25, -0.2) is 8.78 Å². The van der Waals surface area contributed by atoms with Crippen molar-refractivity contribution in [1.29, 1.82) is 0 Å². The number of hydrogen-bond acceptors (Lipinski definition) is 1. The predicted molar refractivity (Wildman–Crippen MR) is 61.3 cm³/mol. The largest absolute Gasteiger partial charge is 0.481 e. The normalized spacial score (nSPS) is 13.4. The SMILES string of the molecule is CCC(F)(F)c1cccc(C(C)CC(=O)O)c1. The van der Waals surface area contributed by atoms with E-state index >= 15 is 0 Å². The van der Waals surface area contributed by atoms with Crippen molar-refractivity contribution in [3.63, 3.8) is 0 Å². The number of carboxylic acids is 1. The molecule has 0 aliphatic carbocycles. The minimum absolute atomic E-state index is 0.0465. The van der Waals surface area contributed by atoms with Gasteiger partial charge in [0.1, 0.15) is 0 Å². The van der Waals surface area contributed by atoms with E-state index in [2.05, 4.69) is 0 Å². The van der Waals surface area contributed by atoms with E-state index in [1.807, 2.05) is 0 Å². The lowest BCUT2D eigenvalue weighted by atomic mass is 9.94. The van der Waals surface area contributed by atoms with E-state index in [1.54, 1.807) is 19.1 Å². The summed E-state index contributed by atoms with van der Waals surface area (Å²) in [6, 6.07) is 6.01. The van der Waals surface area contributed by atoms with Crippen LogP contribution in [0.4, 0.5) is 8.78 Å². The van der Waals surface area contributed by atoms with Crippen LogP contribution in [-0.2, 0) is 10.7 Å². The first kappa shape index (κ1) is 13.6. The van der Waals surface area contributed by atoms with Crippen LogP contribution in [0.2, 0.25) is 0 Å². The molecule has 1 atom stereocenters. The summed E-state index contributed by atoms with van der Waals surface area (Å²) in [4.78, 5) is 10.6. The van der Waals surface area contributed by atoms with Gasteiger partial charge < -0.3 is 5.11 Å². The molecule has 1 rings (SSSR count). The highest BCUT2D eigenvalue weighted by molar-refractivity contribution is 5.68. The molecule has 4 heteroatoms. The lowest BCUT2D eigenvalue weighted by Gasteiger charge is -2.17. The second-order valence-electron chi connectivity index (χ2n) is 4.18. The molecule has 0 saturated heterocycles. The molecule has 0 aromatic heterocycles. The van der Waals surface area contributed by atoms with Gasteiger partial charge in [-0.2, -0.15) is 0 Å². The smallest absolute Gasteiger partial charge is 0.303 e. The van der Waals surface area contributed by atoms with Gasteiger partial charge in [-0.15, -0.1) is 0 Å². The van der Waals surface area contributed by atoms with Gasteiger partial charge in [-0.3, -0.25) is 4.79 Å². The number of halogens is 2. The first-order valence-electron chi connectivity index (χ1n) is 5.57. The first-order valence-corrected chi connectivity index (χ1v) is 5.57. The summed E-state index contributed by atoms with van der Waals surface area (Å²) in [5, 5.41) is 8.67. The van der Waals surface area contributed by atoms with Crippen molar-refractivity contribution < 1.29 is 18.7 Å². The minimum Gasteiger partial charge on any atom is -0.481 e. The fourth-order valence-corrected chi connectivity index (χ4v) is 1.66. The quantitative estimate of drug-likeness (QED) is 0.853. The molecule has 17 heavy (non-hydrogen) atoms. The molecule has 1 aromatic carbocycles. The monoisotopic (exact) mass is 242 g/mol. The van der Waals surface area contributed by atoms with Gasteiger partial charge in [0.15, 0.2) is 0 Å². The van der Waals surface area contributed by atoms with Gasteiger partial charge in [0.05, 0.1) is 6.42 Å². The highest BCUT2D eigenvalue weighted by atomic mass is 19.3. The summed E-state index contributed by atoms with van der Waals surface area (Å²) in [7, 11) is 0. The Kier molecular flexibility index (Phi) is 4.21. The molecule has 0 aliphatic rings. The lowest BCUT2D eigenvalue weighted by molar-refractivity contribution is -0.137. The third kappa shape index (κ3) is 3.51. The summed E-state index contributed by atoms with van der Waals surface area (Å²) >= 11 is 0. The zero-order valence-corrected chi connectivity index (χ0v) is 9.91. The zero-order valence-electron chi connectivity index (χ0n) is 9.91. The number of rotatable bonds is 5.